The Bertz CT molecular complexity index is 1100. The van der Waals surface area contributed by atoms with Gasteiger partial charge in [0.05, 0.1) is 11.1 Å². The molecule has 4 aromatic rings. The number of anilines is 2. The van der Waals surface area contributed by atoms with Crippen LogP contribution in [0.25, 0.3) is 22.3 Å². The zero-order chi connectivity index (χ0) is 18.9. The first-order chi connectivity index (χ1) is 13.0. The molecule has 28 heavy (non-hydrogen) atoms. The smallest absolute Gasteiger partial charge is 0.340 e. The first-order valence-corrected chi connectivity index (χ1v) is 8.27. The zero-order valence-electron chi connectivity index (χ0n) is 14.4. The predicted molar refractivity (Wildman–Crippen MR) is 107 cm³/mol. The lowest BCUT2D eigenvalue weighted by atomic mass is 10.1. The molecule has 0 aliphatic heterocycles. The molecule has 0 aliphatic rings. The Kier molecular flexibility index (Phi) is 5.51. The molecule has 0 atom stereocenters. The van der Waals surface area contributed by atoms with Gasteiger partial charge < -0.3 is 5.32 Å². The van der Waals surface area contributed by atoms with Gasteiger partial charge in [0.15, 0.2) is 5.82 Å². The minimum atomic E-state index is -4.40. The van der Waals surface area contributed by atoms with Crippen LogP contribution >= 0.6 is 12.4 Å². The molecule has 7 heteroatoms. The summed E-state index contributed by atoms with van der Waals surface area (Å²) in [6.45, 7) is 0. The van der Waals surface area contributed by atoms with E-state index in [-0.39, 0.29) is 12.4 Å². The molecule has 142 valence electrons. The van der Waals surface area contributed by atoms with Gasteiger partial charge in [-0.1, -0.05) is 48.5 Å². The number of alkyl halides is 3. The van der Waals surface area contributed by atoms with Gasteiger partial charge in [0.1, 0.15) is 5.82 Å². The summed E-state index contributed by atoms with van der Waals surface area (Å²) in [6, 6.07) is 21.9. The average molecular weight is 402 g/mol. The Labute approximate surface area is 165 Å². The van der Waals surface area contributed by atoms with Crippen LogP contribution in [-0.4, -0.2) is 9.97 Å². The molecule has 0 saturated heterocycles. The van der Waals surface area contributed by atoms with Crippen molar-refractivity contribution in [1.82, 2.24) is 9.97 Å². The third-order valence-electron chi connectivity index (χ3n) is 4.09. The second-order valence-electron chi connectivity index (χ2n) is 5.98. The molecule has 0 amide bonds. The summed E-state index contributed by atoms with van der Waals surface area (Å²) >= 11 is 0. The van der Waals surface area contributed by atoms with E-state index in [1.54, 1.807) is 6.07 Å². The maximum absolute atomic E-state index is 13.0. The fourth-order valence-corrected chi connectivity index (χ4v) is 2.80. The van der Waals surface area contributed by atoms with Crippen molar-refractivity contribution >= 4 is 34.8 Å². The molecule has 1 heterocycles. The van der Waals surface area contributed by atoms with Crippen LogP contribution in [0.4, 0.5) is 24.7 Å². The fourth-order valence-electron chi connectivity index (χ4n) is 2.80. The van der Waals surface area contributed by atoms with Crippen LogP contribution in [0.3, 0.4) is 0 Å². The molecule has 0 aliphatic carbocycles. The van der Waals surface area contributed by atoms with Crippen molar-refractivity contribution < 1.29 is 13.2 Å². The van der Waals surface area contributed by atoms with Crippen molar-refractivity contribution in [1.29, 1.82) is 0 Å². The molecule has 0 bridgehead atoms. The fraction of sp³-hybridized carbons (Fsp3) is 0.0476. The van der Waals surface area contributed by atoms with Crippen molar-refractivity contribution in [3.63, 3.8) is 0 Å². The van der Waals surface area contributed by atoms with E-state index in [9.17, 15) is 13.2 Å². The molecule has 4 rings (SSSR count). The number of rotatable bonds is 3. The average Bonchev–Trinajstić information content (AvgIpc) is 2.68. The summed E-state index contributed by atoms with van der Waals surface area (Å²) in [4.78, 5) is 9.13. The lowest BCUT2D eigenvalue weighted by Gasteiger charge is -2.13. The van der Waals surface area contributed by atoms with Crippen LogP contribution in [0, 0.1) is 0 Å². The van der Waals surface area contributed by atoms with E-state index in [1.165, 1.54) is 6.07 Å². The minimum Gasteiger partial charge on any atom is -0.340 e. The normalized spacial score (nSPS) is 11.1. The van der Waals surface area contributed by atoms with Gasteiger partial charge in [-0.25, -0.2) is 9.97 Å². The molecule has 0 saturated carbocycles. The number of benzene rings is 3. The molecule has 3 nitrogen and oxygen atoms in total. The van der Waals surface area contributed by atoms with E-state index < -0.39 is 11.7 Å². The van der Waals surface area contributed by atoms with Crippen LogP contribution in [0.15, 0.2) is 78.9 Å². The van der Waals surface area contributed by atoms with Crippen molar-refractivity contribution in [2.75, 3.05) is 5.32 Å². The van der Waals surface area contributed by atoms with Gasteiger partial charge >= 0.3 is 6.18 Å². The Morgan fingerprint density at radius 3 is 2.21 bits per heavy atom. The third-order valence-corrected chi connectivity index (χ3v) is 4.09. The molecule has 3 aromatic carbocycles. The lowest BCUT2D eigenvalue weighted by Crippen LogP contribution is -2.05. The summed E-state index contributed by atoms with van der Waals surface area (Å²) < 4.78 is 39.0. The molecule has 0 unspecified atom stereocenters. The van der Waals surface area contributed by atoms with E-state index >= 15 is 0 Å². The van der Waals surface area contributed by atoms with Gasteiger partial charge in [-0.15, -0.1) is 12.4 Å². The highest BCUT2D eigenvalue weighted by Crippen LogP contribution is 2.32. The van der Waals surface area contributed by atoms with Crippen LogP contribution in [-0.2, 0) is 6.18 Å². The van der Waals surface area contributed by atoms with Crippen LogP contribution in [0.2, 0.25) is 0 Å². The van der Waals surface area contributed by atoms with Crippen LogP contribution in [0.5, 0.6) is 0 Å². The van der Waals surface area contributed by atoms with Crippen molar-refractivity contribution in [3.05, 3.63) is 84.4 Å². The Hall–Kier alpha value is -3.12. The molecule has 1 N–H and O–H groups in total. The molecule has 1 aromatic heterocycles. The number of halogens is 4. The molecular weight excluding hydrogens is 387 g/mol. The number of hydrogen-bond donors (Lipinski definition) is 1. The Morgan fingerprint density at radius 2 is 1.46 bits per heavy atom. The predicted octanol–water partition coefficient (Wildman–Crippen LogP) is 6.48. The number of nitrogens with one attached hydrogen (secondary N) is 1. The highest BCUT2D eigenvalue weighted by atomic mass is 35.5. The maximum atomic E-state index is 13.0. The Morgan fingerprint density at radius 1 is 0.750 bits per heavy atom. The number of aromatic nitrogens is 2. The van der Waals surface area contributed by atoms with Crippen molar-refractivity contribution in [2.24, 2.45) is 0 Å². The monoisotopic (exact) mass is 401 g/mol. The van der Waals surface area contributed by atoms with Gasteiger partial charge in [-0.3, -0.25) is 0 Å². The highest BCUT2D eigenvalue weighted by Gasteiger charge is 2.30. The minimum absolute atomic E-state index is 0. The third kappa shape index (κ3) is 4.07. The zero-order valence-corrected chi connectivity index (χ0v) is 15.3. The van der Waals surface area contributed by atoms with Gasteiger partial charge in [0.25, 0.3) is 0 Å². The molecule has 0 radical (unpaired) electrons. The van der Waals surface area contributed by atoms with Crippen molar-refractivity contribution in [2.45, 2.75) is 6.18 Å². The summed E-state index contributed by atoms with van der Waals surface area (Å²) in [7, 11) is 0. The quantitative estimate of drug-likeness (QED) is 0.427. The van der Waals surface area contributed by atoms with Gasteiger partial charge in [-0.05, 0) is 30.3 Å². The van der Waals surface area contributed by atoms with E-state index in [1.807, 2.05) is 54.6 Å². The molecule has 0 spiro atoms. The molecule has 0 fully saturated rings. The number of nitrogens with zero attached hydrogens (tertiary/aromatic N) is 2. The van der Waals surface area contributed by atoms with E-state index in [2.05, 4.69) is 15.3 Å². The first-order valence-electron chi connectivity index (χ1n) is 8.27. The van der Waals surface area contributed by atoms with Crippen LogP contribution < -0.4 is 5.32 Å². The van der Waals surface area contributed by atoms with Gasteiger partial charge in [-0.2, -0.15) is 13.2 Å². The van der Waals surface area contributed by atoms with Crippen LogP contribution in [0.1, 0.15) is 5.56 Å². The summed E-state index contributed by atoms with van der Waals surface area (Å²) in [6.07, 6.45) is -4.40. The van der Waals surface area contributed by atoms with Gasteiger partial charge in [0.2, 0.25) is 0 Å². The second kappa shape index (κ2) is 7.86. The number of fused-ring (bicyclic) bond motifs is 1. The maximum Gasteiger partial charge on any atom is 0.416 e. The van der Waals surface area contributed by atoms with E-state index in [4.69, 9.17) is 0 Å². The van der Waals surface area contributed by atoms with Crippen molar-refractivity contribution in [3.8, 4) is 11.4 Å². The second-order valence-corrected chi connectivity index (χ2v) is 5.98. The largest absolute Gasteiger partial charge is 0.416 e. The topological polar surface area (TPSA) is 37.8 Å². The van der Waals surface area contributed by atoms with E-state index in [0.717, 1.165) is 23.1 Å². The lowest BCUT2D eigenvalue weighted by molar-refractivity contribution is -0.137. The summed E-state index contributed by atoms with van der Waals surface area (Å²) in [5, 5.41) is 3.75. The first kappa shape index (κ1) is 19.6. The summed E-state index contributed by atoms with van der Waals surface area (Å²) in [5.74, 6) is 0.961. The highest BCUT2D eigenvalue weighted by molar-refractivity contribution is 5.92. The number of hydrogen-bond acceptors (Lipinski definition) is 3. The Balaban J connectivity index is 0.00000225. The van der Waals surface area contributed by atoms with E-state index in [0.29, 0.717) is 22.8 Å². The SMILES string of the molecule is Cl.FC(F)(F)c1cccc(Nc2nc(-c3ccccc3)nc3ccccc23)c1. The van der Waals surface area contributed by atoms with Gasteiger partial charge in [0, 0.05) is 16.6 Å². The number of para-hydroxylation sites is 1. The molecular formula is C21H15ClF3N3. The summed E-state index contributed by atoms with van der Waals surface area (Å²) in [5.41, 5.74) is 1.14. The standard InChI is InChI=1S/C21H14F3N3.ClH/c22-21(23,24)15-9-6-10-16(13-15)25-20-17-11-4-5-12-18(17)26-19(27-20)14-7-2-1-3-8-14;/h1-13H,(H,25,26,27);1H.